The summed E-state index contributed by atoms with van der Waals surface area (Å²) >= 11 is 0. The second-order valence-electron chi connectivity index (χ2n) is 6.58. The van der Waals surface area contributed by atoms with Crippen molar-refractivity contribution < 1.29 is 4.43 Å². The lowest BCUT2D eigenvalue weighted by molar-refractivity contribution is -0.0406. The maximum absolute atomic E-state index is 9.97. The van der Waals surface area contributed by atoms with E-state index < -0.39 is 19.3 Å². The van der Waals surface area contributed by atoms with Gasteiger partial charge in [-0.25, -0.2) is 0 Å². The Hall–Kier alpha value is -1.55. The number of benzene rings is 1. The highest BCUT2D eigenvalue weighted by Crippen LogP contribution is 2.56. The van der Waals surface area contributed by atoms with Crippen molar-refractivity contribution in [3.63, 3.8) is 0 Å². The molecule has 0 aromatic heterocycles. The molecule has 1 fully saturated rings. The fraction of sp³-hybridized carbons (Fsp3) is 0.550. The molecule has 0 spiro atoms. The quantitative estimate of drug-likeness (QED) is 0.508. The molecule has 1 atom stereocenters. The van der Waals surface area contributed by atoms with E-state index in [0.29, 0.717) is 0 Å². The summed E-state index contributed by atoms with van der Waals surface area (Å²) in [5.41, 5.74) is -0.521. The van der Waals surface area contributed by atoms with E-state index in [1.54, 1.807) is 0 Å². The van der Waals surface area contributed by atoms with Crippen LogP contribution in [0.2, 0.25) is 18.1 Å². The third-order valence-electron chi connectivity index (χ3n) is 5.78. The number of terminal acetylenes is 1. The van der Waals surface area contributed by atoms with E-state index in [1.165, 1.54) is 0 Å². The minimum absolute atomic E-state index is 0.582. The predicted molar refractivity (Wildman–Crippen MR) is 97.1 cm³/mol. The van der Waals surface area contributed by atoms with Crippen LogP contribution in [-0.2, 0) is 10.0 Å². The van der Waals surface area contributed by atoms with Crippen LogP contribution in [0.1, 0.15) is 45.6 Å². The Bertz CT molecular complexity index is 597. The Balaban J connectivity index is 2.61. The van der Waals surface area contributed by atoms with Gasteiger partial charge in [0, 0.05) is 0 Å². The van der Waals surface area contributed by atoms with Crippen molar-refractivity contribution >= 4 is 8.32 Å². The van der Waals surface area contributed by atoms with Crippen LogP contribution in [0.25, 0.3) is 0 Å². The number of nitriles is 1. The number of rotatable bonds is 7. The smallest absolute Gasteiger partial charge is 0.194 e. The van der Waals surface area contributed by atoms with E-state index in [9.17, 15) is 5.26 Å². The third-order valence-corrected chi connectivity index (χ3v) is 10.4. The number of hydrogen-bond acceptors (Lipinski definition) is 2. The van der Waals surface area contributed by atoms with Crippen LogP contribution in [0.4, 0.5) is 0 Å². The second-order valence-corrected chi connectivity index (χ2v) is 11.3. The molecule has 3 heteroatoms. The van der Waals surface area contributed by atoms with Crippen molar-refractivity contribution in [3.05, 3.63) is 35.9 Å². The molecule has 0 heterocycles. The van der Waals surface area contributed by atoms with Crippen molar-refractivity contribution in [2.45, 2.75) is 63.8 Å². The van der Waals surface area contributed by atoms with Crippen molar-refractivity contribution in [2.24, 2.45) is 5.41 Å². The lowest BCUT2D eigenvalue weighted by Gasteiger charge is -2.52. The largest absolute Gasteiger partial charge is 0.396 e. The third kappa shape index (κ3) is 2.73. The highest BCUT2D eigenvalue weighted by atomic mass is 28.4. The molecule has 0 aliphatic heterocycles. The van der Waals surface area contributed by atoms with Crippen molar-refractivity contribution in [2.75, 3.05) is 0 Å². The summed E-state index contributed by atoms with van der Waals surface area (Å²) in [6.07, 6.45) is 8.77. The average molecular weight is 326 g/mol. The zero-order valence-corrected chi connectivity index (χ0v) is 15.6. The Labute approximate surface area is 142 Å². The molecule has 2 rings (SSSR count). The second kappa shape index (κ2) is 6.91. The predicted octanol–water partition coefficient (Wildman–Crippen LogP) is 5.23. The van der Waals surface area contributed by atoms with Crippen LogP contribution in [0.15, 0.2) is 30.3 Å². The normalized spacial score (nSPS) is 19.0. The molecule has 23 heavy (non-hydrogen) atoms. The van der Waals surface area contributed by atoms with Gasteiger partial charge in [0.1, 0.15) is 5.41 Å². The van der Waals surface area contributed by atoms with E-state index in [0.717, 1.165) is 43.0 Å². The van der Waals surface area contributed by atoms with Crippen molar-refractivity contribution in [1.82, 2.24) is 0 Å². The Morgan fingerprint density at radius 2 is 1.74 bits per heavy atom. The van der Waals surface area contributed by atoms with Gasteiger partial charge in [-0.05, 0) is 43.0 Å². The van der Waals surface area contributed by atoms with E-state index >= 15 is 0 Å². The molecule has 1 aromatic carbocycles. The maximum atomic E-state index is 9.97. The Morgan fingerprint density at radius 3 is 2.09 bits per heavy atom. The molecule has 0 radical (unpaired) electrons. The van der Waals surface area contributed by atoms with Gasteiger partial charge in [-0.3, -0.25) is 0 Å². The number of nitrogens with zero attached hydrogens (tertiary/aromatic N) is 1. The first kappa shape index (κ1) is 17.8. The first-order valence-corrected chi connectivity index (χ1v) is 11.2. The minimum Gasteiger partial charge on any atom is -0.396 e. The molecule has 1 saturated carbocycles. The molecule has 2 nitrogen and oxygen atoms in total. The van der Waals surface area contributed by atoms with Crippen LogP contribution >= 0.6 is 0 Å². The zero-order valence-electron chi connectivity index (χ0n) is 14.6. The SMILES string of the molecule is C#C[C@@](O[Si](CC)(CC)CC)(c1ccccc1)C1(C#N)CCC1. The molecule has 1 aliphatic carbocycles. The van der Waals surface area contributed by atoms with Crippen LogP contribution in [0.5, 0.6) is 0 Å². The van der Waals surface area contributed by atoms with Crippen LogP contribution < -0.4 is 0 Å². The van der Waals surface area contributed by atoms with Crippen molar-refractivity contribution in [3.8, 4) is 18.4 Å². The fourth-order valence-electron chi connectivity index (χ4n) is 3.72. The van der Waals surface area contributed by atoms with Gasteiger partial charge in [0.05, 0.1) is 6.07 Å². The van der Waals surface area contributed by atoms with E-state index in [4.69, 9.17) is 10.8 Å². The molecule has 0 amide bonds. The van der Waals surface area contributed by atoms with Gasteiger partial charge in [-0.1, -0.05) is 57.0 Å². The highest BCUT2D eigenvalue weighted by molar-refractivity contribution is 6.73. The summed E-state index contributed by atoms with van der Waals surface area (Å²) in [6.45, 7) is 6.60. The first-order chi connectivity index (χ1) is 11.1. The molecule has 1 aliphatic rings. The lowest BCUT2D eigenvalue weighted by Crippen LogP contribution is -2.56. The van der Waals surface area contributed by atoms with Gasteiger partial charge in [0.15, 0.2) is 13.9 Å². The van der Waals surface area contributed by atoms with Gasteiger partial charge in [0.25, 0.3) is 0 Å². The van der Waals surface area contributed by atoms with Gasteiger partial charge in [-0.2, -0.15) is 5.26 Å². The molecular weight excluding hydrogens is 298 g/mol. The topological polar surface area (TPSA) is 33.0 Å². The molecule has 0 unspecified atom stereocenters. The van der Waals surface area contributed by atoms with Gasteiger partial charge >= 0.3 is 0 Å². The van der Waals surface area contributed by atoms with Crippen LogP contribution in [0.3, 0.4) is 0 Å². The highest BCUT2D eigenvalue weighted by Gasteiger charge is 2.59. The molecule has 0 bridgehead atoms. The summed E-state index contributed by atoms with van der Waals surface area (Å²) < 4.78 is 6.89. The van der Waals surface area contributed by atoms with Crippen molar-refractivity contribution in [1.29, 1.82) is 5.26 Å². The molecule has 0 saturated heterocycles. The van der Waals surface area contributed by atoms with Gasteiger partial charge in [-0.15, -0.1) is 6.42 Å². The molecule has 122 valence electrons. The summed E-state index contributed by atoms with van der Waals surface area (Å²) in [7, 11) is -1.96. The molecule has 1 aromatic rings. The first-order valence-electron chi connectivity index (χ1n) is 8.72. The summed E-state index contributed by atoms with van der Waals surface area (Å²) in [5.74, 6) is 2.97. The number of hydrogen-bond donors (Lipinski definition) is 0. The van der Waals surface area contributed by atoms with Gasteiger partial charge < -0.3 is 4.43 Å². The Morgan fingerprint density at radius 1 is 1.17 bits per heavy atom. The van der Waals surface area contributed by atoms with Crippen LogP contribution in [0, 0.1) is 29.1 Å². The molecular formula is C20H27NOSi. The fourth-order valence-corrected chi connectivity index (χ4v) is 6.68. The van der Waals surface area contributed by atoms with Crippen LogP contribution in [-0.4, -0.2) is 8.32 Å². The standard InChI is InChI=1S/C20H27NOSi/c1-5-20(18-13-10-9-11-14-18,19(17-21)15-12-16-19)22-23(6-2,7-3)8-4/h1,9-11,13-14H,6-8,12,15-16H2,2-4H3/t20-/m1/s1. The Kier molecular flexibility index (Phi) is 5.35. The summed E-state index contributed by atoms with van der Waals surface area (Å²) in [5, 5.41) is 9.97. The van der Waals surface area contributed by atoms with E-state index in [2.05, 4.69) is 32.8 Å². The lowest BCUT2D eigenvalue weighted by atomic mass is 9.58. The van der Waals surface area contributed by atoms with E-state index in [1.807, 2.05) is 30.3 Å². The average Bonchev–Trinajstić information content (AvgIpc) is 2.58. The van der Waals surface area contributed by atoms with E-state index in [-0.39, 0.29) is 0 Å². The summed E-state index contributed by atoms with van der Waals surface area (Å²) in [4.78, 5) is 0. The minimum atomic E-state index is -1.96. The van der Waals surface area contributed by atoms with Gasteiger partial charge in [0.2, 0.25) is 0 Å². The molecule has 0 N–H and O–H groups in total. The summed E-state index contributed by atoms with van der Waals surface area (Å²) in [6, 6.07) is 15.6. The zero-order chi connectivity index (χ0) is 17.0. The maximum Gasteiger partial charge on any atom is 0.194 e. The monoisotopic (exact) mass is 325 g/mol.